The van der Waals surface area contributed by atoms with E-state index in [9.17, 15) is 14.4 Å². The largest absolute Gasteiger partial charge is 0.497 e. The lowest BCUT2D eigenvalue weighted by atomic mass is 10.2. The van der Waals surface area contributed by atoms with Gasteiger partial charge >= 0.3 is 5.97 Å². The van der Waals surface area contributed by atoms with Gasteiger partial charge in [-0.3, -0.25) is 9.59 Å². The molecule has 0 aliphatic heterocycles. The van der Waals surface area contributed by atoms with Crippen LogP contribution in [-0.4, -0.2) is 58.6 Å². The van der Waals surface area contributed by atoms with Gasteiger partial charge in [-0.1, -0.05) is 17.8 Å². The number of carbonyl (C=O) groups excluding carboxylic acids is 3. The maximum atomic E-state index is 12.4. The first-order valence-electron chi connectivity index (χ1n) is 11.6. The maximum absolute atomic E-state index is 12.4. The molecule has 2 aromatic carbocycles. The van der Waals surface area contributed by atoms with Gasteiger partial charge in [-0.15, -0.1) is 16.8 Å². The summed E-state index contributed by atoms with van der Waals surface area (Å²) in [5.74, 6) is 0.637. The zero-order chi connectivity index (χ0) is 26.6. The van der Waals surface area contributed by atoms with Crippen molar-refractivity contribution in [2.45, 2.75) is 25.0 Å². The summed E-state index contributed by atoms with van der Waals surface area (Å²) in [6, 6.07) is 13.3. The molecular weight excluding hydrogens is 494 g/mol. The monoisotopic (exact) mass is 523 g/mol. The van der Waals surface area contributed by atoms with Gasteiger partial charge in [-0.05, 0) is 55.5 Å². The third-order valence-corrected chi connectivity index (χ3v) is 6.07. The number of anilines is 1. The molecule has 1 heterocycles. The van der Waals surface area contributed by atoms with Crippen LogP contribution in [0.3, 0.4) is 0 Å². The maximum Gasteiger partial charge on any atom is 0.338 e. The third-order valence-electron chi connectivity index (χ3n) is 5.10. The summed E-state index contributed by atoms with van der Waals surface area (Å²) < 4.78 is 11.9. The highest BCUT2D eigenvalue weighted by atomic mass is 32.2. The quantitative estimate of drug-likeness (QED) is 0.199. The molecule has 37 heavy (non-hydrogen) atoms. The molecule has 194 valence electrons. The predicted octanol–water partition coefficient (Wildman–Crippen LogP) is 3.35. The Labute approximate surface area is 219 Å². The molecule has 0 spiro atoms. The lowest BCUT2D eigenvalue weighted by molar-refractivity contribution is -0.113. The summed E-state index contributed by atoms with van der Waals surface area (Å²) >= 11 is 1.25. The van der Waals surface area contributed by atoms with Gasteiger partial charge in [-0.2, -0.15) is 0 Å². The molecule has 0 fully saturated rings. The molecule has 3 rings (SSSR count). The fourth-order valence-electron chi connectivity index (χ4n) is 3.29. The average molecular weight is 524 g/mol. The molecule has 3 aromatic rings. The number of rotatable bonds is 13. The zero-order valence-electron chi connectivity index (χ0n) is 20.7. The molecule has 0 radical (unpaired) electrons. The molecule has 0 unspecified atom stereocenters. The summed E-state index contributed by atoms with van der Waals surface area (Å²) in [5.41, 5.74) is 1.52. The van der Waals surface area contributed by atoms with E-state index in [1.54, 1.807) is 68.6 Å². The lowest BCUT2D eigenvalue weighted by Gasteiger charge is -2.09. The topological polar surface area (TPSA) is 124 Å². The van der Waals surface area contributed by atoms with E-state index in [-0.39, 0.29) is 17.6 Å². The van der Waals surface area contributed by atoms with Crippen LogP contribution in [0.25, 0.3) is 0 Å². The van der Waals surface area contributed by atoms with Crippen molar-refractivity contribution in [3.8, 4) is 5.75 Å². The van der Waals surface area contributed by atoms with Crippen molar-refractivity contribution in [2.75, 3.05) is 31.3 Å². The Hall–Kier alpha value is -4.12. The molecule has 0 aliphatic carbocycles. The van der Waals surface area contributed by atoms with Crippen LogP contribution in [0.1, 0.15) is 33.5 Å². The van der Waals surface area contributed by atoms with Gasteiger partial charge in [0.15, 0.2) is 5.16 Å². The normalized spacial score (nSPS) is 10.4. The highest BCUT2D eigenvalue weighted by Crippen LogP contribution is 2.19. The average Bonchev–Trinajstić information content (AvgIpc) is 3.29. The second-order valence-corrected chi connectivity index (χ2v) is 8.61. The first-order chi connectivity index (χ1) is 17.9. The van der Waals surface area contributed by atoms with E-state index < -0.39 is 5.97 Å². The third kappa shape index (κ3) is 7.94. The summed E-state index contributed by atoms with van der Waals surface area (Å²) in [5, 5.41) is 14.7. The van der Waals surface area contributed by atoms with Crippen molar-refractivity contribution in [2.24, 2.45) is 0 Å². The fraction of sp³-hybridized carbons (Fsp3) is 0.269. The van der Waals surface area contributed by atoms with Gasteiger partial charge in [0.05, 0.1) is 25.0 Å². The Morgan fingerprint density at radius 2 is 1.76 bits per heavy atom. The zero-order valence-corrected chi connectivity index (χ0v) is 21.5. The number of nitrogens with one attached hydrogen (secondary N) is 2. The Kier molecular flexibility index (Phi) is 10.3. The molecule has 0 saturated heterocycles. The lowest BCUT2D eigenvalue weighted by Crippen LogP contribution is -2.26. The van der Waals surface area contributed by atoms with Crippen molar-refractivity contribution in [1.29, 1.82) is 0 Å². The second kappa shape index (κ2) is 13.8. The molecule has 0 aliphatic rings. The number of benzene rings is 2. The van der Waals surface area contributed by atoms with E-state index >= 15 is 0 Å². The number of hydrogen-bond acceptors (Lipinski definition) is 8. The van der Waals surface area contributed by atoms with Crippen LogP contribution >= 0.6 is 11.8 Å². The molecule has 2 N–H and O–H groups in total. The smallest absolute Gasteiger partial charge is 0.338 e. The van der Waals surface area contributed by atoms with Crippen LogP contribution in [0.2, 0.25) is 0 Å². The number of allylic oxidation sites excluding steroid dienone is 1. The van der Waals surface area contributed by atoms with Gasteiger partial charge in [0, 0.05) is 30.8 Å². The van der Waals surface area contributed by atoms with E-state index in [1.165, 1.54) is 11.8 Å². The van der Waals surface area contributed by atoms with Crippen LogP contribution < -0.4 is 15.4 Å². The van der Waals surface area contributed by atoms with Crippen LogP contribution in [0.4, 0.5) is 5.69 Å². The molecule has 0 bridgehead atoms. The molecule has 0 saturated carbocycles. The Balaban J connectivity index is 1.52. The van der Waals surface area contributed by atoms with Gasteiger partial charge < -0.3 is 24.7 Å². The Morgan fingerprint density at radius 1 is 1.05 bits per heavy atom. The number of thioether (sulfide) groups is 1. The molecule has 0 atom stereocenters. The minimum Gasteiger partial charge on any atom is -0.497 e. The molecular formula is C26H29N5O5S. The first kappa shape index (κ1) is 27.5. The number of aromatic nitrogens is 3. The minimum absolute atomic E-state index is 0.114. The van der Waals surface area contributed by atoms with Crippen LogP contribution in [0.5, 0.6) is 5.75 Å². The number of esters is 1. The van der Waals surface area contributed by atoms with Gasteiger partial charge in [0.1, 0.15) is 11.6 Å². The van der Waals surface area contributed by atoms with E-state index in [2.05, 4.69) is 27.4 Å². The van der Waals surface area contributed by atoms with Gasteiger partial charge in [0.2, 0.25) is 5.91 Å². The van der Waals surface area contributed by atoms with Crippen molar-refractivity contribution in [3.63, 3.8) is 0 Å². The van der Waals surface area contributed by atoms with Gasteiger partial charge in [-0.25, -0.2) is 4.79 Å². The number of methoxy groups -OCH3 is 1. The van der Waals surface area contributed by atoms with Crippen LogP contribution in [0.15, 0.2) is 66.3 Å². The SMILES string of the molecule is C=CCn1c(CCNC(=O)c2ccc(OC)cc2)nnc1SCC(=O)Nc1ccc(C(=O)OCC)cc1. The number of carbonyl (C=O) groups is 3. The van der Waals surface area contributed by atoms with E-state index in [1.807, 2.05) is 4.57 Å². The van der Waals surface area contributed by atoms with Crippen LogP contribution in [-0.2, 0) is 22.5 Å². The van der Waals surface area contributed by atoms with E-state index in [0.717, 1.165) is 0 Å². The van der Waals surface area contributed by atoms with Crippen molar-refractivity contribution >= 4 is 35.2 Å². The second-order valence-electron chi connectivity index (χ2n) is 7.67. The predicted molar refractivity (Wildman–Crippen MR) is 141 cm³/mol. The first-order valence-corrected chi connectivity index (χ1v) is 12.6. The fourth-order valence-corrected chi connectivity index (χ4v) is 4.05. The van der Waals surface area contributed by atoms with E-state index in [4.69, 9.17) is 9.47 Å². The number of nitrogens with zero attached hydrogens (tertiary/aromatic N) is 3. The van der Waals surface area contributed by atoms with Crippen molar-refractivity contribution in [1.82, 2.24) is 20.1 Å². The molecule has 1 aromatic heterocycles. The summed E-state index contributed by atoms with van der Waals surface area (Å²) in [6.45, 7) is 6.66. The van der Waals surface area contributed by atoms with Gasteiger partial charge in [0.25, 0.3) is 5.91 Å². The summed E-state index contributed by atoms with van der Waals surface area (Å²) in [4.78, 5) is 36.6. The number of amides is 2. The molecule has 2 amide bonds. The van der Waals surface area contributed by atoms with Crippen molar-refractivity contribution in [3.05, 3.63) is 78.1 Å². The molecule has 10 nitrogen and oxygen atoms in total. The minimum atomic E-state index is -0.409. The van der Waals surface area contributed by atoms with Crippen LogP contribution in [0, 0.1) is 0 Å². The highest BCUT2D eigenvalue weighted by molar-refractivity contribution is 7.99. The Morgan fingerprint density at radius 3 is 2.41 bits per heavy atom. The van der Waals surface area contributed by atoms with E-state index in [0.29, 0.717) is 59.7 Å². The number of ether oxygens (including phenoxy) is 2. The molecule has 11 heteroatoms. The van der Waals surface area contributed by atoms with Crippen molar-refractivity contribution < 1.29 is 23.9 Å². The standard InChI is InChI=1S/C26H29N5O5S/c1-4-16-31-22(14-15-27-24(33)18-8-12-21(35-3)13-9-18)29-30-26(31)37-17-23(32)28-20-10-6-19(7-11-20)25(34)36-5-2/h4,6-13H,1,5,14-17H2,2-3H3,(H,27,33)(H,28,32). The Bertz CT molecular complexity index is 1230. The number of hydrogen-bond donors (Lipinski definition) is 2. The summed E-state index contributed by atoms with van der Waals surface area (Å²) in [7, 11) is 1.57. The highest BCUT2D eigenvalue weighted by Gasteiger charge is 2.15. The summed E-state index contributed by atoms with van der Waals surface area (Å²) in [6.07, 6.45) is 2.18.